The molecule has 6 heteroatoms. The summed E-state index contributed by atoms with van der Waals surface area (Å²) in [5.41, 5.74) is 2.76. The average Bonchev–Trinajstić information content (AvgIpc) is 2.86. The van der Waals surface area contributed by atoms with Gasteiger partial charge in [-0.2, -0.15) is 0 Å². The van der Waals surface area contributed by atoms with Crippen molar-refractivity contribution >= 4 is 23.2 Å². The van der Waals surface area contributed by atoms with Gasteiger partial charge in [-0.25, -0.2) is 0 Å². The van der Waals surface area contributed by atoms with E-state index in [1.165, 1.54) is 0 Å². The Bertz CT molecular complexity index is 918. The highest BCUT2D eigenvalue weighted by molar-refractivity contribution is 6.30. The second-order valence-corrected chi connectivity index (χ2v) is 7.75. The fraction of sp³-hybridized carbons (Fsp3) is 0.333. The van der Waals surface area contributed by atoms with E-state index in [2.05, 4.69) is 29.4 Å². The topological polar surface area (TPSA) is 77.8 Å². The molecule has 1 aromatic carbocycles. The van der Waals surface area contributed by atoms with Crippen LogP contribution in [0, 0.1) is 5.41 Å². The minimum absolute atomic E-state index is 0.0957. The number of allylic oxidation sites excluding steroid dienone is 2. The number of aromatic amines is 2. The minimum atomic E-state index is -0.368. The Balaban J connectivity index is 1.94. The molecule has 3 N–H and O–H groups in total. The first kappa shape index (κ1) is 15.3. The Kier molecular flexibility index (Phi) is 3.25. The van der Waals surface area contributed by atoms with Crippen LogP contribution in [0.25, 0.3) is 0 Å². The molecule has 0 fully saturated rings. The molecule has 1 aromatic heterocycles. The molecule has 0 unspecified atom stereocenters. The van der Waals surface area contributed by atoms with Crippen LogP contribution in [0.5, 0.6) is 0 Å². The molecule has 5 nitrogen and oxygen atoms in total. The third-order valence-corrected chi connectivity index (χ3v) is 5.04. The van der Waals surface area contributed by atoms with Crippen LogP contribution in [-0.4, -0.2) is 16.0 Å². The van der Waals surface area contributed by atoms with Crippen molar-refractivity contribution in [2.75, 3.05) is 5.32 Å². The number of Topliss-reactive ketones (excluding diaryl/α,β-unsaturated/α-hetero) is 1. The normalized spacial score (nSPS) is 22.0. The van der Waals surface area contributed by atoms with Gasteiger partial charge in [0.1, 0.15) is 5.82 Å². The number of rotatable bonds is 1. The van der Waals surface area contributed by atoms with E-state index in [0.717, 1.165) is 17.7 Å². The van der Waals surface area contributed by atoms with Gasteiger partial charge in [0.15, 0.2) is 5.78 Å². The lowest BCUT2D eigenvalue weighted by Crippen LogP contribution is -2.34. The first-order valence-electron chi connectivity index (χ1n) is 7.95. The number of benzene rings is 1. The predicted molar refractivity (Wildman–Crippen MR) is 93.4 cm³/mol. The molecule has 4 rings (SSSR count). The second kappa shape index (κ2) is 5.11. The maximum Gasteiger partial charge on any atom is 0.270 e. The molecule has 1 aliphatic heterocycles. The van der Waals surface area contributed by atoms with Crippen molar-refractivity contribution in [3.63, 3.8) is 0 Å². The Labute approximate surface area is 144 Å². The van der Waals surface area contributed by atoms with Gasteiger partial charge in [-0.1, -0.05) is 37.6 Å². The zero-order chi connectivity index (χ0) is 17.1. The lowest BCUT2D eigenvalue weighted by atomic mass is 9.69. The molecule has 1 atom stereocenters. The summed E-state index contributed by atoms with van der Waals surface area (Å²) in [4.78, 5) is 25.2. The maximum atomic E-state index is 12.9. The number of anilines is 1. The number of hydrogen-bond acceptors (Lipinski definition) is 3. The molecule has 24 heavy (non-hydrogen) atoms. The van der Waals surface area contributed by atoms with Gasteiger partial charge in [0.25, 0.3) is 5.56 Å². The third-order valence-electron chi connectivity index (χ3n) is 4.79. The van der Waals surface area contributed by atoms with E-state index in [9.17, 15) is 9.59 Å². The fourth-order valence-corrected chi connectivity index (χ4v) is 3.93. The summed E-state index contributed by atoms with van der Waals surface area (Å²) < 4.78 is 0. The van der Waals surface area contributed by atoms with Gasteiger partial charge in [-0.05, 0) is 29.5 Å². The summed E-state index contributed by atoms with van der Waals surface area (Å²) in [7, 11) is 0. The summed E-state index contributed by atoms with van der Waals surface area (Å²) in [6.07, 6.45) is 1.25. The monoisotopic (exact) mass is 343 g/mol. The number of nitrogens with one attached hydrogen (secondary N) is 3. The van der Waals surface area contributed by atoms with Crippen LogP contribution in [0.2, 0.25) is 5.02 Å². The molecular formula is C18H18ClN3O2. The van der Waals surface area contributed by atoms with Crippen molar-refractivity contribution < 1.29 is 4.79 Å². The average molecular weight is 344 g/mol. The minimum Gasteiger partial charge on any atom is -0.343 e. The van der Waals surface area contributed by atoms with Crippen molar-refractivity contribution in [3.05, 3.63) is 62.0 Å². The highest BCUT2D eigenvalue weighted by Gasteiger charge is 2.42. The quantitative estimate of drug-likeness (QED) is 0.741. The number of halogens is 1. The molecule has 0 spiro atoms. The molecular weight excluding hydrogens is 326 g/mol. The van der Waals surface area contributed by atoms with Crippen molar-refractivity contribution in [3.8, 4) is 0 Å². The predicted octanol–water partition coefficient (Wildman–Crippen LogP) is 3.56. The van der Waals surface area contributed by atoms with Gasteiger partial charge in [-0.15, -0.1) is 0 Å². The number of fused-ring (bicyclic) bond motifs is 1. The highest BCUT2D eigenvalue weighted by atomic mass is 35.5. The molecule has 2 aliphatic rings. The molecule has 2 heterocycles. The first-order valence-corrected chi connectivity index (χ1v) is 8.33. The van der Waals surface area contributed by atoms with Crippen LogP contribution in [-0.2, 0) is 4.79 Å². The van der Waals surface area contributed by atoms with Crippen molar-refractivity contribution in [2.45, 2.75) is 32.6 Å². The van der Waals surface area contributed by atoms with Crippen LogP contribution in [0.15, 0.2) is 40.3 Å². The lowest BCUT2D eigenvalue weighted by molar-refractivity contribution is -0.118. The standard InChI is InChI=1S/C18H18ClN3O2/c1-18(2)7-11-14(12(23)8-18)13(9-3-5-10(19)6-4-9)15-16(20-11)21-22-17(15)24/h3-6,13H,7-8H2,1-2H3,(H3,20,21,22,24)/t13-/m1/s1. The Morgan fingerprint density at radius 3 is 2.50 bits per heavy atom. The van der Waals surface area contributed by atoms with Gasteiger partial charge < -0.3 is 5.32 Å². The second-order valence-electron chi connectivity index (χ2n) is 7.31. The van der Waals surface area contributed by atoms with Crippen LogP contribution in [0.3, 0.4) is 0 Å². The summed E-state index contributed by atoms with van der Waals surface area (Å²) in [6, 6.07) is 7.34. The number of ketones is 1. The molecule has 124 valence electrons. The SMILES string of the molecule is CC1(C)CC(=O)C2=C(C1)Nc1[nH][nH]c(=O)c1[C@@H]2c1ccc(Cl)cc1. The summed E-state index contributed by atoms with van der Waals surface area (Å²) in [5.74, 6) is 0.372. The van der Waals surface area contributed by atoms with Crippen LogP contribution in [0.1, 0.15) is 43.7 Å². The van der Waals surface area contributed by atoms with E-state index in [4.69, 9.17) is 11.6 Å². The summed E-state index contributed by atoms with van der Waals surface area (Å²) in [6.45, 7) is 4.17. The zero-order valence-corrected chi connectivity index (χ0v) is 14.3. The largest absolute Gasteiger partial charge is 0.343 e. The number of H-pyrrole nitrogens is 2. The Morgan fingerprint density at radius 1 is 1.08 bits per heavy atom. The fourth-order valence-electron chi connectivity index (χ4n) is 3.81. The number of carbonyl (C=O) groups excluding carboxylic acids is 1. The molecule has 0 saturated carbocycles. The molecule has 2 aromatic rings. The molecule has 0 bridgehead atoms. The summed E-state index contributed by atoms with van der Waals surface area (Å²) >= 11 is 6.00. The maximum absolute atomic E-state index is 12.9. The zero-order valence-electron chi connectivity index (χ0n) is 13.5. The number of aromatic nitrogens is 2. The summed E-state index contributed by atoms with van der Waals surface area (Å²) in [5, 5.41) is 9.41. The van der Waals surface area contributed by atoms with E-state index >= 15 is 0 Å². The van der Waals surface area contributed by atoms with Crippen molar-refractivity contribution in [1.82, 2.24) is 10.2 Å². The molecule has 1 aliphatic carbocycles. The van der Waals surface area contributed by atoms with E-state index in [1.807, 2.05) is 12.1 Å². The van der Waals surface area contributed by atoms with Gasteiger partial charge in [0, 0.05) is 28.6 Å². The van der Waals surface area contributed by atoms with Gasteiger partial charge in [-0.3, -0.25) is 19.8 Å². The van der Waals surface area contributed by atoms with Gasteiger partial charge >= 0.3 is 0 Å². The van der Waals surface area contributed by atoms with Crippen LogP contribution >= 0.6 is 11.6 Å². The van der Waals surface area contributed by atoms with Crippen molar-refractivity contribution in [2.24, 2.45) is 5.41 Å². The molecule has 0 amide bonds. The van der Waals surface area contributed by atoms with E-state index in [0.29, 0.717) is 28.4 Å². The van der Waals surface area contributed by atoms with Crippen LogP contribution in [0.4, 0.5) is 5.82 Å². The molecule has 0 saturated heterocycles. The number of carbonyl (C=O) groups is 1. The van der Waals surface area contributed by atoms with Gasteiger partial charge in [0.2, 0.25) is 0 Å². The third kappa shape index (κ3) is 2.31. The van der Waals surface area contributed by atoms with Crippen LogP contribution < -0.4 is 10.9 Å². The Morgan fingerprint density at radius 2 is 1.79 bits per heavy atom. The molecule has 0 radical (unpaired) electrons. The van der Waals surface area contributed by atoms with E-state index < -0.39 is 0 Å². The van der Waals surface area contributed by atoms with E-state index in [-0.39, 0.29) is 22.7 Å². The smallest absolute Gasteiger partial charge is 0.270 e. The first-order chi connectivity index (χ1) is 11.4. The Hall–Kier alpha value is -2.27. The van der Waals surface area contributed by atoms with E-state index in [1.54, 1.807) is 12.1 Å². The van der Waals surface area contributed by atoms with Crippen molar-refractivity contribution in [1.29, 1.82) is 0 Å². The van der Waals surface area contributed by atoms with Gasteiger partial charge in [0.05, 0.1) is 5.56 Å². The number of hydrogen-bond donors (Lipinski definition) is 3. The lowest BCUT2D eigenvalue weighted by Gasteiger charge is -2.37. The highest BCUT2D eigenvalue weighted by Crippen LogP contribution is 2.47.